The summed E-state index contributed by atoms with van der Waals surface area (Å²) in [5.74, 6) is -0.504. The van der Waals surface area contributed by atoms with Gasteiger partial charge in [-0.1, -0.05) is 61.8 Å². The molecule has 3 N–H and O–H groups in total. The maximum absolute atomic E-state index is 13.5. The van der Waals surface area contributed by atoms with E-state index in [1.165, 1.54) is 6.07 Å². The number of carbonyl (C=O) groups is 1. The van der Waals surface area contributed by atoms with E-state index in [1.54, 1.807) is 18.2 Å². The van der Waals surface area contributed by atoms with Gasteiger partial charge in [0, 0.05) is 22.2 Å². The molecule has 11 heteroatoms. The fraction of sp³-hybridized carbons (Fsp3) is 0.214. The van der Waals surface area contributed by atoms with Crippen molar-refractivity contribution >= 4 is 34.6 Å². The average molecular weight is 557 g/mol. The number of anilines is 3. The Bertz CT molecular complexity index is 1560. The number of pyridine rings is 1. The van der Waals surface area contributed by atoms with E-state index in [9.17, 15) is 27.6 Å². The van der Waals surface area contributed by atoms with Gasteiger partial charge in [0.15, 0.2) is 0 Å². The van der Waals surface area contributed by atoms with Crippen molar-refractivity contribution in [2.45, 2.75) is 32.6 Å². The standard InChI is InChI=1S/C28H24ClF3N4O3/c1-27(2,14-16-7-4-3-5-8-16)26(36-25(39)17-9-6-10-18(29)13-17)35-22-21(23(37)24(22)38)34-20-15-33-12-11-19(20)28(30,31)32/h3-13,15,26,34-35H,14H2,1-2H3,(H,36,39). The zero-order valence-electron chi connectivity index (χ0n) is 20.9. The Labute approximate surface area is 226 Å². The second-order valence-electron chi connectivity index (χ2n) is 9.66. The van der Waals surface area contributed by atoms with E-state index in [-0.39, 0.29) is 16.9 Å². The molecule has 3 aromatic carbocycles. The number of halogens is 4. The van der Waals surface area contributed by atoms with Gasteiger partial charge in [-0.25, -0.2) is 0 Å². The predicted octanol–water partition coefficient (Wildman–Crippen LogP) is 5.53. The van der Waals surface area contributed by atoms with Gasteiger partial charge in [0.25, 0.3) is 16.8 Å². The fourth-order valence-electron chi connectivity index (χ4n) is 4.16. The highest BCUT2D eigenvalue weighted by Crippen LogP contribution is 2.36. The quantitative estimate of drug-likeness (QED) is 0.185. The van der Waals surface area contributed by atoms with E-state index in [0.29, 0.717) is 11.4 Å². The maximum atomic E-state index is 13.5. The first-order valence-corrected chi connectivity index (χ1v) is 12.2. The van der Waals surface area contributed by atoms with Crippen LogP contribution in [0.1, 0.15) is 35.3 Å². The van der Waals surface area contributed by atoms with Gasteiger partial charge in [0.05, 0.1) is 17.4 Å². The molecular weight excluding hydrogens is 533 g/mol. The topological polar surface area (TPSA) is 100 Å². The van der Waals surface area contributed by atoms with Gasteiger partial charge < -0.3 is 16.0 Å². The van der Waals surface area contributed by atoms with Crippen LogP contribution in [0, 0.1) is 5.41 Å². The number of hydrogen-bond donors (Lipinski definition) is 3. The normalized spacial score (nSPS) is 12.7. The van der Waals surface area contributed by atoms with E-state index >= 15 is 0 Å². The minimum Gasteiger partial charge on any atom is -0.360 e. The van der Waals surface area contributed by atoms with Crippen molar-refractivity contribution < 1.29 is 18.0 Å². The summed E-state index contributed by atoms with van der Waals surface area (Å²) in [5, 5.41) is 8.53. The van der Waals surface area contributed by atoms with Gasteiger partial charge in [0.1, 0.15) is 17.5 Å². The van der Waals surface area contributed by atoms with Crippen molar-refractivity contribution in [3.8, 4) is 0 Å². The average Bonchev–Trinajstić information content (AvgIpc) is 2.89. The van der Waals surface area contributed by atoms with Crippen LogP contribution >= 0.6 is 11.6 Å². The van der Waals surface area contributed by atoms with E-state index in [2.05, 4.69) is 20.9 Å². The third-order valence-corrected chi connectivity index (χ3v) is 6.47. The molecule has 7 nitrogen and oxygen atoms in total. The van der Waals surface area contributed by atoms with Gasteiger partial charge in [-0.3, -0.25) is 19.4 Å². The van der Waals surface area contributed by atoms with Crippen molar-refractivity contribution in [2.24, 2.45) is 5.41 Å². The van der Waals surface area contributed by atoms with Crippen LogP contribution in [0.3, 0.4) is 0 Å². The molecule has 1 amide bonds. The van der Waals surface area contributed by atoms with Crippen LogP contribution in [-0.4, -0.2) is 17.1 Å². The van der Waals surface area contributed by atoms with E-state index in [0.717, 1.165) is 24.0 Å². The van der Waals surface area contributed by atoms with E-state index in [4.69, 9.17) is 11.6 Å². The highest BCUT2D eigenvalue weighted by Gasteiger charge is 2.37. The third-order valence-electron chi connectivity index (χ3n) is 6.23. The van der Waals surface area contributed by atoms with Gasteiger partial charge in [0.2, 0.25) is 0 Å². The molecule has 0 aliphatic carbocycles. The van der Waals surface area contributed by atoms with E-state index in [1.807, 2.05) is 44.2 Å². The largest absolute Gasteiger partial charge is 0.418 e. The summed E-state index contributed by atoms with van der Waals surface area (Å²) in [6, 6.07) is 16.4. The van der Waals surface area contributed by atoms with Crippen molar-refractivity contribution in [1.29, 1.82) is 0 Å². The molecule has 1 aromatic heterocycles. The summed E-state index contributed by atoms with van der Waals surface area (Å²) in [7, 11) is 0. The van der Waals surface area contributed by atoms with E-state index < -0.39 is 45.8 Å². The van der Waals surface area contributed by atoms with Crippen LogP contribution in [0.25, 0.3) is 0 Å². The van der Waals surface area contributed by atoms with Gasteiger partial charge in [-0.2, -0.15) is 13.2 Å². The molecule has 1 unspecified atom stereocenters. The summed E-state index contributed by atoms with van der Waals surface area (Å²) in [5.41, 5.74) is -3.58. The molecule has 4 aromatic rings. The Morgan fingerprint density at radius 2 is 1.67 bits per heavy atom. The maximum Gasteiger partial charge on any atom is 0.418 e. The molecule has 39 heavy (non-hydrogen) atoms. The number of aromatic nitrogens is 1. The number of nitrogens with one attached hydrogen (secondary N) is 3. The Morgan fingerprint density at radius 3 is 2.33 bits per heavy atom. The van der Waals surface area contributed by atoms with Crippen LogP contribution in [0.4, 0.5) is 30.2 Å². The van der Waals surface area contributed by atoms with Gasteiger partial charge in [-0.05, 0) is 36.2 Å². The molecule has 202 valence electrons. The lowest BCUT2D eigenvalue weighted by Crippen LogP contribution is -2.53. The molecule has 0 fully saturated rings. The molecule has 0 spiro atoms. The molecule has 0 saturated heterocycles. The summed E-state index contributed by atoms with van der Waals surface area (Å²) >= 11 is 6.04. The first-order valence-electron chi connectivity index (χ1n) is 11.9. The third kappa shape index (κ3) is 6.28. The van der Waals surface area contributed by atoms with Crippen LogP contribution in [-0.2, 0) is 12.6 Å². The van der Waals surface area contributed by atoms with Crippen LogP contribution in [0.5, 0.6) is 0 Å². The summed E-state index contributed by atoms with van der Waals surface area (Å²) in [6.45, 7) is 3.69. The number of amides is 1. The SMILES string of the molecule is CC(C)(Cc1ccccc1)C(NC(=O)c1cccc(Cl)c1)Nc1c(Nc2cnccc2C(F)(F)F)c(=O)c1=O. The van der Waals surface area contributed by atoms with Crippen LogP contribution < -0.4 is 26.8 Å². The first-order chi connectivity index (χ1) is 18.4. The lowest BCUT2D eigenvalue weighted by atomic mass is 9.82. The number of hydrogen-bond acceptors (Lipinski definition) is 6. The zero-order valence-corrected chi connectivity index (χ0v) is 21.7. The predicted molar refractivity (Wildman–Crippen MR) is 144 cm³/mol. The summed E-state index contributed by atoms with van der Waals surface area (Å²) in [4.78, 5) is 41.9. The molecule has 0 aliphatic rings. The monoisotopic (exact) mass is 556 g/mol. The lowest BCUT2D eigenvalue weighted by Gasteiger charge is -2.37. The summed E-state index contributed by atoms with van der Waals surface area (Å²) in [6.07, 6.45) is -3.31. The number of alkyl halides is 3. The Hall–Kier alpha value is -4.18. The van der Waals surface area contributed by atoms with Gasteiger partial charge >= 0.3 is 6.18 Å². The smallest absolute Gasteiger partial charge is 0.360 e. The fourth-order valence-corrected chi connectivity index (χ4v) is 4.35. The van der Waals surface area contributed by atoms with Gasteiger partial charge in [-0.15, -0.1) is 0 Å². The number of rotatable bonds is 9. The van der Waals surface area contributed by atoms with Crippen molar-refractivity contribution in [3.63, 3.8) is 0 Å². The number of benzene rings is 2. The van der Waals surface area contributed by atoms with Crippen LogP contribution in [0.15, 0.2) is 82.6 Å². The highest BCUT2D eigenvalue weighted by molar-refractivity contribution is 6.30. The molecular formula is C28H24ClF3N4O3. The molecule has 1 heterocycles. The second kappa shape index (κ2) is 10.9. The lowest BCUT2D eigenvalue weighted by molar-refractivity contribution is -0.137. The first kappa shape index (κ1) is 27.8. The Balaban J connectivity index is 1.68. The van der Waals surface area contributed by atoms with Crippen molar-refractivity contribution in [3.05, 3.63) is 115 Å². The summed E-state index contributed by atoms with van der Waals surface area (Å²) < 4.78 is 40.5. The molecule has 0 radical (unpaired) electrons. The van der Waals surface area contributed by atoms with Crippen molar-refractivity contribution in [2.75, 3.05) is 10.6 Å². The molecule has 4 rings (SSSR count). The second-order valence-corrected chi connectivity index (χ2v) is 10.1. The minimum atomic E-state index is -4.72. The van der Waals surface area contributed by atoms with Crippen LogP contribution in [0.2, 0.25) is 5.02 Å². The Kier molecular flexibility index (Phi) is 7.78. The zero-order chi connectivity index (χ0) is 28.4. The number of carbonyl (C=O) groups excluding carboxylic acids is 1. The minimum absolute atomic E-state index is 0.241. The molecule has 0 aliphatic heterocycles. The molecule has 1 atom stereocenters. The number of nitrogens with zero attached hydrogens (tertiary/aromatic N) is 1. The highest BCUT2D eigenvalue weighted by atomic mass is 35.5. The molecule has 0 bridgehead atoms. The Morgan fingerprint density at radius 1 is 0.974 bits per heavy atom. The van der Waals surface area contributed by atoms with Crippen molar-refractivity contribution in [1.82, 2.24) is 10.3 Å². The molecule has 0 saturated carbocycles.